The summed E-state index contributed by atoms with van der Waals surface area (Å²) in [5.74, 6) is -0.872. The number of carbonyl (C=O) groups excluding carboxylic acids is 1. The second kappa shape index (κ2) is 6.78. The van der Waals surface area contributed by atoms with Gasteiger partial charge >= 0.3 is 5.97 Å². The summed E-state index contributed by atoms with van der Waals surface area (Å²) >= 11 is 0. The summed E-state index contributed by atoms with van der Waals surface area (Å²) in [7, 11) is 0. The maximum absolute atomic E-state index is 13.0. The summed E-state index contributed by atoms with van der Waals surface area (Å²) in [6, 6.07) is 10.5. The lowest BCUT2D eigenvalue weighted by atomic mass is 9.89. The number of anilines is 1. The number of carboxylic acids is 1. The van der Waals surface area contributed by atoms with Crippen molar-refractivity contribution in [2.24, 2.45) is 5.92 Å². The van der Waals surface area contributed by atoms with Gasteiger partial charge in [0.25, 0.3) is 0 Å². The number of hydrogen-bond acceptors (Lipinski definition) is 4. The van der Waals surface area contributed by atoms with Crippen LogP contribution in [0, 0.1) is 11.7 Å². The Bertz CT molecular complexity index is 753. The molecule has 1 fully saturated rings. The molecule has 0 atom stereocenters. The van der Waals surface area contributed by atoms with Crippen molar-refractivity contribution in [3.8, 4) is 0 Å². The van der Waals surface area contributed by atoms with Crippen molar-refractivity contribution in [1.82, 2.24) is 4.98 Å². The third-order valence-electron chi connectivity index (χ3n) is 4.27. The quantitative estimate of drug-likeness (QED) is 0.874. The molecular formula is C18H17FN2O3. The van der Waals surface area contributed by atoms with Crippen molar-refractivity contribution in [2.75, 3.05) is 18.0 Å². The Morgan fingerprint density at radius 1 is 1.08 bits per heavy atom. The SMILES string of the molecule is O=C(O)c1cccc(N2CCC(C(=O)c3ccc(F)cc3)CC2)n1. The van der Waals surface area contributed by atoms with Crippen LogP contribution in [-0.2, 0) is 0 Å². The molecule has 0 unspecified atom stereocenters. The van der Waals surface area contributed by atoms with Crippen LogP contribution in [0.4, 0.5) is 10.2 Å². The summed E-state index contributed by atoms with van der Waals surface area (Å²) in [4.78, 5) is 29.6. The molecule has 0 bridgehead atoms. The Morgan fingerprint density at radius 3 is 2.38 bits per heavy atom. The molecule has 0 saturated carbocycles. The van der Waals surface area contributed by atoms with Gasteiger partial charge in [-0.15, -0.1) is 0 Å². The first-order valence-electron chi connectivity index (χ1n) is 7.79. The van der Waals surface area contributed by atoms with Crippen LogP contribution in [-0.4, -0.2) is 34.9 Å². The molecule has 6 heteroatoms. The van der Waals surface area contributed by atoms with Crippen molar-refractivity contribution < 1.29 is 19.1 Å². The average molecular weight is 328 g/mol. The molecule has 124 valence electrons. The van der Waals surface area contributed by atoms with E-state index < -0.39 is 5.97 Å². The molecule has 0 aliphatic carbocycles. The largest absolute Gasteiger partial charge is 0.477 e. The lowest BCUT2D eigenvalue weighted by Crippen LogP contribution is -2.37. The number of piperidine rings is 1. The van der Waals surface area contributed by atoms with E-state index in [2.05, 4.69) is 4.98 Å². The molecule has 5 nitrogen and oxygen atoms in total. The number of aromatic carboxylic acids is 1. The second-order valence-corrected chi connectivity index (χ2v) is 5.82. The zero-order valence-electron chi connectivity index (χ0n) is 13.0. The zero-order chi connectivity index (χ0) is 17.1. The van der Waals surface area contributed by atoms with E-state index in [-0.39, 0.29) is 23.2 Å². The smallest absolute Gasteiger partial charge is 0.354 e. The van der Waals surface area contributed by atoms with E-state index in [4.69, 9.17) is 5.11 Å². The third-order valence-corrected chi connectivity index (χ3v) is 4.27. The molecule has 0 radical (unpaired) electrons. The van der Waals surface area contributed by atoms with Crippen molar-refractivity contribution in [1.29, 1.82) is 0 Å². The molecule has 2 aromatic rings. The molecule has 0 spiro atoms. The predicted molar refractivity (Wildman–Crippen MR) is 86.9 cm³/mol. The highest BCUT2D eigenvalue weighted by molar-refractivity contribution is 5.98. The van der Waals surface area contributed by atoms with Gasteiger partial charge in [-0.1, -0.05) is 6.07 Å². The van der Waals surface area contributed by atoms with Gasteiger partial charge in [0, 0.05) is 24.6 Å². The summed E-state index contributed by atoms with van der Waals surface area (Å²) in [5.41, 5.74) is 0.540. The number of hydrogen-bond donors (Lipinski definition) is 1. The summed E-state index contributed by atoms with van der Waals surface area (Å²) in [6.45, 7) is 1.27. The molecule has 1 aliphatic rings. The van der Waals surface area contributed by atoms with Gasteiger partial charge in [0.2, 0.25) is 0 Å². The van der Waals surface area contributed by atoms with Crippen LogP contribution in [0.15, 0.2) is 42.5 Å². The summed E-state index contributed by atoms with van der Waals surface area (Å²) < 4.78 is 13.0. The maximum Gasteiger partial charge on any atom is 0.354 e. The molecule has 1 aromatic carbocycles. The minimum absolute atomic E-state index is 0.0111. The number of carboxylic acid groups (broad SMARTS) is 1. The van der Waals surface area contributed by atoms with Gasteiger partial charge in [0.1, 0.15) is 11.6 Å². The number of benzene rings is 1. The minimum Gasteiger partial charge on any atom is -0.477 e. The number of carbonyl (C=O) groups is 2. The van der Waals surface area contributed by atoms with E-state index in [9.17, 15) is 14.0 Å². The monoisotopic (exact) mass is 328 g/mol. The van der Waals surface area contributed by atoms with Crippen LogP contribution in [0.5, 0.6) is 0 Å². The number of halogens is 1. The number of rotatable bonds is 4. The van der Waals surface area contributed by atoms with Gasteiger partial charge < -0.3 is 10.0 Å². The van der Waals surface area contributed by atoms with Gasteiger partial charge in [-0.3, -0.25) is 4.79 Å². The van der Waals surface area contributed by atoms with E-state index in [1.165, 1.54) is 30.3 Å². The van der Waals surface area contributed by atoms with Crippen molar-refractivity contribution in [3.63, 3.8) is 0 Å². The second-order valence-electron chi connectivity index (χ2n) is 5.82. The first kappa shape index (κ1) is 16.1. The third kappa shape index (κ3) is 3.42. The highest BCUT2D eigenvalue weighted by Gasteiger charge is 2.26. The Morgan fingerprint density at radius 2 is 1.75 bits per heavy atom. The fraction of sp³-hybridized carbons (Fsp3) is 0.278. The number of nitrogens with zero attached hydrogens (tertiary/aromatic N) is 2. The minimum atomic E-state index is -1.06. The summed E-state index contributed by atoms with van der Waals surface area (Å²) in [6.07, 6.45) is 1.32. The van der Waals surface area contributed by atoms with Crippen molar-refractivity contribution in [3.05, 3.63) is 59.5 Å². The van der Waals surface area contributed by atoms with Crippen molar-refractivity contribution >= 4 is 17.6 Å². The Balaban J connectivity index is 1.65. The number of ketones is 1. The summed E-state index contributed by atoms with van der Waals surface area (Å²) in [5, 5.41) is 9.02. The molecule has 1 aromatic heterocycles. The van der Waals surface area contributed by atoms with Crippen LogP contribution >= 0.6 is 0 Å². The molecule has 1 aliphatic heterocycles. The van der Waals surface area contributed by atoms with Gasteiger partial charge in [0.05, 0.1) is 0 Å². The Hall–Kier alpha value is -2.76. The standard InChI is InChI=1S/C18H17FN2O3/c19-14-6-4-12(5-7-14)17(22)13-8-10-21(11-9-13)16-3-1-2-15(20-16)18(23)24/h1-7,13H,8-11H2,(H,23,24). The number of Topliss-reactive ketones (excluding diaryl/α,β-unsaturated/α-hetero) is 1. The molecule has 3 rings (SSSR count). The lowest BCUT2D eigenvalue weighted by Gasteiger charge is -2.32. The fourth-order valence-electron chi connectivity index (χ4n) is 2.94. The lowest BCUT2D eigenvalue weighted by molar-refractivity contribution is 0.0690. The first-order valence-corrected chi connectivity index (χ1v) is 7.79. The van der Waals surface area contributed by atoms with E-state index in [1.807, 2.05) is 4.90 Å². The predicted octanol–water partition coefficient (Wildman–Crippen LogP) is 3.02. The molecule has 2 heterocycles. The van der Waals surface area contributed by atoms with Crippen molar-refractivity contribution in [2.45, 2.75) is 12.8 Å². The number of pyridine rings is 1. The van der Waals surface area contributed by atoms with E-state index >= 15 is 0 Å². The molecular weight excluding hydrogens is 311 g/mol. The van der Waals surface area contributed by atoms with E-state index in [0.717, 1.165) is 0 Å². The molecule has 24 heavy (non-hydrogen) atoms. The van der Waals surface area contributed by atoms with Gasteiger partial charge in [-0.25, -0.2) is 14.2 Å². The van der Waals surface area contributed by atoms with Gasteiger partial charge in [-0.05, 0) is 49.2 Å². The Labute approximate surface area is 138 Å². The highest BCUT2D eigenvalue weighted by atomic mass is 19.1. The van der Waals surface area contributed by atoms with Crippen LogP contribution in [0.2, 0.25) is 0 Å². The van der Waals surface area contributed by atoms with Crippen LogP contribution < -0.4 is 4.90 Å². The van der Waals surface area contributed by atoms with E-state index in [0.29, 0.717) is 37.3 Å². The highest BCUT2D eigenvalue weighted by Crippen LogP contribution is 2.25. The normalized spacial score (nSPS) is 15.3. The maximum atomic E-state index is 13.0. The molecule has 0 amide bonds. The van der Waals surface area contributed by atoms with Crippen LogP contribution in [0.25, 0.3) is 0 Å². The topological polar surface area (TPSA) is 70.5 Å². The van der Waals surface area contributed by atoms with Crippen LogP contribution in [0.3, 0.4) is 0 Å². The van der Waals surface area contributed by atoms with Gasteiger partial charge in [-0.2, -0.15) is 0 Å². The molecule has 1 N–H and O–H groups in total. The van der Waals surface area contributed by atoms with Crippen LogP contribution in [0.1, 0.15) is 33.7 Å². The molecule has 1 saturated heterocycles. The fourth-order valence-corrected chi connectivity index (χ4v) is 2.94. The zero-order valence-corrected chi connectivity index (χ0v) is 13.0. The van der Waals surface area contributed by atoms with Gasteiger partial charge in [0.15, 0.2) is 11.5 Å². The Kier molecular flexibility index (Phi) is 4.55. The first-order chi connectivity index (χ1) is 11.5. The average Bonchev–Trinajstić information content (AvgIpc) is 2.62. The number of aromatic nitrogens is 1. The van der Waals surface area contributed by atoms with E-state index in [1.54, 1.807) is 12.1 Å².